The summed E-state index contributed by atoms with van der Waals surface area (Å²) in [6, 6.07) is -5.80. The number of carbonyl (C=O) groups is 3. The maximum absolute atomic E-state index is 13.3. The van der Waals surface area contributed by atoms with Gasteiger partial charge >= 0.3 is 0 Å². The van der Waals surface area contributed by atoms with Gasteiger partial charge < -0.3 is 239 Å². The first-order valence-electron chi connectivity index (χ1n) is 37.3. The van der Waals surface area contributed by atoms with E-state index in [2.05, 4.69) is 16.0 Å². The molecule has 0 radical (unpaired) electrons. The van der Waals surface area contributed by atoms with E-state index in [1.54, 1.807) is 0 Å². The molecule has 10 aliphatic rings. The molecule has 0 aromatic carbocycles. The standard InChI is InChI=1S/C65H109N3O48/c1-14-30(78)39(87)45(93)59(100-14)98-13-26-50(110-62-47(95)41(89)32(80)19(6-69)103-62)38(86)28(67-17(4)76)58(109-26)115-54-43(91)34(82)21(8-71)106-64(54)99-12-25-36(84)53(114-63-48(96)42(90)33(81)20(7-70)104-63)55(116-61-44(92)35(83)22(9-72)105-61)65(108-25)111-49-23(10-73)107-57(27(37(49)85)66-16(3)75)112-51-24(11-74)102-56(97)29(68-18(5)77)52(51)113-60-46(94)40(88)31(79)15(2)101-60/h14-15,19-65,69-74,78-97H,6-13H2,1-5H3,(H,66,75)(H,67,76)(H,68,77)/t14-,15-,19+,20+,21+,22+,23+,24+,25+,26+,27+,28+,29+,30+,31+,32-,33+,34+,35-,36+,37+,38+,39+,40+,41-,42-,43-,44+,45-,46-,47+,48-,49+,50+,51+,52+,53-,54-,55-,56?,57-,58-,59+,60-,61-,62-,63+,64-,65-/m0/s1. The molecule has 0 aromatic heterocycles. The van der Waals surface area contributed by atoms with Crippen LogP contribution in [0.3, 0.4) is 0 Å². The van der Waals surface area contributed by atoms with Gasteiger partial charge in [0.25, 0.3) is 0 Å². The molecule has 0 saturated carbocycles. The van der Waals surface area contributed by atoms with E-state index in [4.69, 9.17) is 90.0 Å². The van der Waals surface area contributed by atoms with Crippen LogP contribution in [0.15, 0.2) is 0 Å². The number of nitrogens with one attached hydrogen (secondary N) is 3. The van der Waals surface area contributed by atoms with Crippen LogP contribution in [-0.2, 0) is 104 Å². The molecule has 10 rings (SSSR count). The Bertz CT molecular complexity index is 3080. The van der Waals surface area contributed by atoms with Crippen molar-refractivity contribution in [2.45, 2.75) is 335 Å². The van der Waals surface area contributed by atoms with E-state index in [-0.39, 0.29) is 0 Å². The van der Waals surface area contributed by atoms with Crippen molar-refractivity contribution < 1.29 is 237 Å². The van der Waals surface area contributed by atoms with Gasteiger partial charge in [0.05, 0.1) is 65.1 Å². The lowest BCUT2D eigenvalue weighted by atomic mass is 9.93. The molecule has 1 unspecified atom stereocenters. The summed E-state index contributed by atoms with van der Waals surface area (Å²) in [6.07, 6.45) is -94.1. The summed E-state index contributed by atoms with van der Waals surface area (Å²) in [6.45, 7) is -3.39. The second-order valence-corrected chi connectivity index (χ2v) is 29.8. The van der Waals surface area contributed by atoms with E-state index in [1.807, 2.05) is 0 Å². The number of hydrogen-bond donors (Lipinski definition) is 29. The summed E-state index contributed by atoms with van der Waals surface area (Å²) in [7, 11) is 0. The van der Waals surface area contributed by atoms with Crippen LogP contribution in [0.25, 0.3) is 0 Å². The van der Waals surface area contributed by atoms with Crippen LogP contribution in [-0.4, -0.2) is 504 Å². The Hall–Kier alpha value is -3.39. The van der Waals surface area contributed by atoms with Gasteiger partial charge in [-0.05, 0) is 13.8 Å². The summed E-state index contributed by atoms with van der Waals surface area (Å²) >= 11 is 0. The van der Waals surface area contributed by atoms with Gasteiger partial charge in [-0.2, -0.15) is 0 Å². The van der Waals surface area contributed by atoms with Crippen LogP contribution in [0, 0.1) is 0 Å². The predicted octanol–water partition coefficient (Wildman–Crippen LogP) is -19.7. The van der Waals surface area contributed by atoms with E-state index in [9.17, 15) is 147 Å². The molecule has 49 atom stereocenters. The van der Waals surface area contributed by atoms with Gasteiger partial charge in [-0.25, -0.2) is 0 Å². The maximum Gasteiger partial charge on any atom is 0.217 e. The van der Waals surface area contributed by atoms with Crippen molar-refractivity contribution in [1.29, 1.82) is 0 Å². The molecule has 51 nitrogen and oxygen atoms in total. The van der Waals surface area contributed by atoms with E-state index in [1.165, 1.54) is 13.8 Å². The van der Waals surface area contributed by atoms with Crippen LogP contribution >= 0.6 is 0 Å². The molecular weight excluding hydrogens is 1590 g/mol. The van der Waals surface area contributed by atoms with Crippen molar-refractivity contribution in [1.82, 2.24) is 16.0 Å². The lowest BCUT2D eigenvalue weighted by molar-refractivity contribution is -0.401. The molecular formula is C65H109N3O48. The van der Waals surface area contributed by atoms with E-state index < -0.39 is 371 Å². The van der Waals surface area contributed by atoms with E-state index in [0.29, 0.717) is 0 Å². The van der Waals surface area contributed by atoms with Gasteiger partial charge in [0.2, 0.25) is 17.7 Å². The first kappa shape index (κ1) is 94.9. The highest BCUT2D eigenvalue weighted by Crippen LogP contribution is 2.41. The van der Waals surface area contributed by atoms with Crippen LogP contribution in [0.2, 0.25) is 0 Å². The van der Waals surface area contributed by atoms with Crippen LogP contribution in [0.4, 0.5) is 0 Å². The first-order chi connectivity index (χ1) is 54.8. The average Bonchev–Trinajstić information content (AvgIpc) is 1.06. The topological polar surface area (TPSA) is 789 Å². The van der Waals surface area contributed by atoms with Gasteiger partial charge in [-0.1, -0.05) is 0 Å². The highest BCUT2D eigenvalue weighted by molar-refractivity contribution is 5.74. The Morgan fingerprint density at radius 3 is 1.02 bits per heavy atom. The fourth-order valence-electron chi connectivity index (χ4n) is 15.1. The SMILES string of the molecule is CC(=O)N[C@H]1[C@H](O[C@@H]2[C@@H](OC[C@H]3O[C@@H](O[C@H]4[C@H](O)[C@@H](NC(C)=O)[C@H](O[C@H]5[C@H](O[C@@H]6O[C@@H](C)[C@@H](O)[C@@H](O)[C@@H]6O)[C@@H](NC(C)=O)C(O)O[C@@H]5CO)O[C@@H]4CO)[C@@H](O[C@@H]4O[C@H](CO)[C@H](O)[C@H]4O)[C@@H](O[C@H]4O[C@H](CO)[C@@H](O)[C@H](O)[C@@H]4O)[C@@H]3O)O[C@H](CO)[C@@H](O)[C@@H]2O)O[C@H](CO[C@@H]2O[C@@H](C)[C@@H](O)[C@@H](O)[C@@H]2O)[C@@H](O[C@@H]2O[C@H](CO)[C@H](O)[C@H](O)[C@H]2O)[C@@H]1O. The molecule has 10 saturated heterocycles. The third kappa shape index (κ3) is 20.5. The number of aliphatic hydroxyl groups excluding tert-OH is 26. The number of ether oxygens (including phenoxy) is 19. The zero-order chi connectivity index (χ0) is 85.2. The molecule has 3 amide bonds. The molecule has 0 bridgehead atoms. The number of amides is 3. The minimum Gasteiger partial charge on any atom is -0.394 e. The smallest absolute Gasteiger partial charge is 0.217 e. The maximum atomic E-state index is 13.3. The number of hydrogen-bond acceptors (Lipinski definition) is 48. The van der Waals surface area contributed by atoms with E-state index >= 15 is 0 Å². The summed E-state index contributed by atoms with van der Waals surface area (Å²) in [4.78, 5) is 39.3. The third-order valence-corrected chi connectivity index (χ3v) is 21.6. The molecule has 10 heterocycles. The highest BCUT2D eigenvalue weighted by atomic mass is 16.8. The van der Waals surface area contributed by atoms with E-state index in [0.717, 1.165) is 20.8 Å². The molecule has 116 heavy (non-hydrogen) atoms. The molecule has 0 aromatic rings. The van der Waals surface area contributed by atoms with Gasteiger partial charge in [0, 0.05) is 20.8 Å². The quantitative estimate of drug-likeness (QED) is 0.0331. The Labute approximate surface area is 657 Å². The molecule has 672 valence electrons. The van der Waals surface area contributed by atoms with Gasteiger partial charge in [-0.15, -0.1) is 0 Å². The number of aliphatic hydroxyl groups is 26. The minimum absolute atomic E-state index is 0.856. The van der Waals surface area contributed by atoms with Crippen LogP contribution in [0.5, 0.6) is 0 Å². The largest absolute Gasteiger partial charge is 0.394 e. The zero-order valence-corrected chi connectivity index (χ0v) is 62.6. The van der Waals surface area contributed by atoms with Crippen LogP contribution in [0.1, 0.15) is 34.6 Å². The molecule has 0 spiro atoms. The van der Waals surface area contributed by atoms with Crippen molar-refractivity contribution in [3.63, 3.8) is 0 Å². The van der Waals surface area contributed by atoms with Gasteiger partial charge in [-0.3, -0.25) is 14.4 Å². The fourth-order valence-corrected chi connectivity index (χ4v) is 15.1. The lowest BCUT2D eigenvalue weighted by Crippen LogP contribution is -2.71. The number of rotatable bonds is 29. The number of carbonyl (C=O) groups excluding carboxylic acids is 3. The Morgan fingerprint density at radius 1 is 0.241 bits per heavy atom. The van der Waals surface area contributed by atoms with Crippen LogP contribution < -0.4 is 16.0 Å². The van der Waals surface area contributed by atoms with Gasteiger partial charge in [0.1, 0.15) is 226 Å². The normalized spacial score (nSPS) is 51.0. The monoisotopic (exact) mass is 1700 g/mol. The van der Waals surface area contributed by atoms with Crippen molar-refractivity contribution in [2.24, 2.45) is 0 Å². The molecule has 10 aliphatic heterocycles. The predicted molar refractivity (Wildman–Crippen MR) is 356 cm³/mol. The Balaban J connectivity index is 1.01. The van der Waals surface area contributed by atoms with Gasteiger partial charge in [0.15, 0.2) is 62.9 Å². The lowest BCUT2D eigenvalue weighted by Gasteiger charge is -2.52. The second-order valence-electron chi connectivity index (χ2n) is 29.8. The second kappa shape index (κ2) is 40.9. The highest BCUT2D eigenvalue weighted by Gasteiger charge is 2.62. The first-order valence-corrected chi connectivity index (χ1v) is 37.3. The fraction of sp³-hybridized carbons (Fsp3) is 0.954. The zero-order valence-electron chi connectivity index (χ0n) is 62.6. The van der Waals surface area contributed by atoms with Crippen molar-refractivity contribution in [2.75, 3.05) is 52.9 Å². The van der Waals surface area contributed by atoms with Crippen molar-refractivity contribution in [3.05, 3.63) is 0 Å². The average molecular weight is 1700 g/mol. The summed E-state index contributed by atoms with van der Waals surface area (Å²) in [5, 5.41) is 296. The summed E-state index contributed by atoms with van der Waals surface area (Å²) in [5.74, 6) is -2.83. The molecule has 51 heteroatoms. The Kier molecular flexibility index (Phi) is 33.5. The van der Waals surface area contributed by atoms with Crippen molar-refractivity contribution >= 4 is 17.7 Å². The molecule has 0 aliphatic carbocycles. The molecule has 29 N–H and O–H groups in total. The summed E-state index contributed by atoms with van der Waals surface area (Å²) < 4.78 is 114. The minimum atomic E-state index is -2.49. The van der Waals surface area contributed by atoms with Crippen molar-refractivity contribution in [3.8, 4) is 0 Å². The third-order valence-electron chi connectivity index (χ3n) is 21.6. The summed E-state index contributed by atoms with van der Waals surface area (Å²) in [5.41, 5.74) is 0. The Morgan fingerprint density at radius 2 is 0.543 bits per heavy atom. The molecule has 10 fully saturated rings.